The molecular formula is C5F12S. The van der Waals surface area contributed by atoms with Crippen molar-refractivity contribution in [1.82, 2.24) is 0 Å². The molecule has 13 heteroatoms. The Balaban J connectivity index is 5.50. The van der Waals surface area contributed by atoms with Crippen molar-refractivity contribution in [3.8, 4) is 0 Å². The first-order chi connectivity index (χ1) is 7.46. The average molecular weight is 320 g/mol. The summed E-state index contributed by atoms with van der Waals surface area (Å²) in [4.78, 5) is 0. The van der Waals surface area contributed by atoms with Crippen LogP contribution in [0, 0.1) is 0 Å². The summed E-state index contributed by atoms with van der Waals surface area (Å²) in [6.07, 6.45) is -7.13. The van der Waals surface area contributed by atoms with Gasteiger partial charge in [0.05, 0.1) is 0 Å². The third-order valence-electron chi connectivity index (χ3n) is 1.36. The lowest BCUT2D eigenvalue weighted by atomic mass is 10.1. The molecule has 0 unspecified atom stereocenters. The van der Waals surface area contributed by atoms with Crippen LogP contribution in [0.4, 0.5) is 52.7 Å². The van der Waals surface area contributed by atoms with Crippen molar-refractivity contribution in [2.45, 2.75) is 28.8 Å². The summed E-state index contributed by atoms with van der Waals surface area (Å²) in [5.41, 5.74) is -6.13. The molecule has 0 nitrogen and oxygen atoms in total. The first-order valence-electron chi connectivity index (χ1n) is 3.43. The van der Waals surface area contributed by atoms with Gasteiger partial charge in [-0.2, -0.15) is 52.7 Å². The number of hydrogen-bond donors (Lipinski definition) is 0. The molecule has 0 saturated carbocycles. The largest absolute Gasteiger partial charge is 0.460 e. The molecule has 0 aromatic heterocycles. The van der Waals surface area contributed by atoms with Crippen LogP contribution in [0.3, 0.4) is 0 Å². The van der Waals surface area contributed by atoms with E-state index in [0.29, 0.717) is 0 Å². The Morgan fingerprint density at radius 1 is 0.500 bits per heavy atom. The maximum absolute atomic E-state index is 12.3. The smallest absolute Gasteiger partial charge is 0.191 e. The standard InChI is InChI=1S/C5F12S/c6-1(7,3(10,11)12)2(8,9)4(13,14)18-5(15,16)17. The van der Waals surface area contributed by atoms with E-state index in [1.165, 1.54) is 0 Å². The number of rotatable bonds is 3. The fourth-order valence-electron chi connectivity index (χ4n) is 0.570. The van der Waals surface area contributed by atoms with Gasteiger partial charge < -0.3 is 0 Å². The van der Waals surface area contributed by atoms with Gasteiger partial charge in [-0.1, -0.05) is 0 Å². The van der Waals surface area contributed by atoms with Gasteiger partial charge >= 0.3 is 28.8 Å². The Morgan fingerprint density at radius 3 is 1.06 bits per heavy atom. The third kappa shape index (κ3) is 3.09. The molecular weight excluding hydrogens is 320 g/mol. The van der Waals surface area contributed by atoms with E-state index in [4.69, 9.17) is 0 Å². The molecule has 0 spiro atoms. The summed E-state index contributed by atoms with van der Waals surface area (Å²) < 4.78 is 142. The highest BCUT2D eigenvalue weighted by atomic mass is 32.2. The zero-order valence-electron chi connectivity index (χ0n) is 7.44. The molecule has 0 aliphatic heterocycles. The van der Waals surface area contributed by atoms with E-state index in [1.54, 1.807) is 0 Å². The monoisotopic (exact) mass is 320 g/mol. The zero-order chi connectivity index (χ0) is 15.2. The first-order valence-corrected chi connectivity index (χ1v) is 4.24. The minimum absolute atomic E-state index is 2.95. The van der Waals surface area contributed by atoms with E-state index < -0.39 is 40.5 Å². The van der Waals surface area contributed by atoms with Crippen molar-refractivity contribution >= 4 is 11.8 Å². The van der Waals surface area contributed by atoms with Gasteiger partial charge in [0.2, 0.25) is 0 Å². The van der Waals surface area contributed by atoms with Crippen LogP contribution in [0.5, 0.6) is 0 Å². The molecule has 0 aliphatic carbocycles. The maximum atomic E-state index is 12.3. The van der Waals surface area contributed by atoms with E-state index in [-0.39, 0.29) is 0 Å². The Hall–Kier alpha value is -0.490. The van der Waals surface area contributed by atoms with Crippen LogP contribution in [-0.4, -0.2) is 28.8 Å². The molecule has 0 rings (SSSR count). The normalized spacial score (nSPS) is 16.0. The summed E-state index contributed by atoms with van der Waals surface area (Å²) in [6, 6.07) is 0. The second kappa shape index (κ2) is 4.27. The lowest BCUT2D eigenvalue weighted by Gasteiger charge is -2.33. The van der Waals surface area contributed by atoms with Crippen molar-refractivity contribution < 1.29 is 52.7 Å². The zero-order valence-corrected chi connectivity index (χ0v) is 8.26. The highest BCUT2D eigenvalue weighted by Gasteiger charge is 2.83. The van der Waals surface area contributed by atoms with Gasteiger partial charge in [0.25, 0.3) is 0 Å². The number of halogens is 12. The molecule has 0 radical (unpaired) electrons. The fraction of sp³-hybridized carbons (Fsp3) is 1.00. The molecule has 0 aromatic carbocycles. The summed E-state index contributed by atoms with van der Waals surface area (Å²) in [5, 5.41) is -6.69. The summed E-state index contributed by atoms with van der Waals surface area (Å²) in [7, 11) is 0. The molecule has 0 heterocycles. The average Bonchev–Trinajstić information content (AvgIpc) is 1.95. The molecule has 0 fully saturated rings. The lowest BCUT2D eigenvalue weighted by molar-refractivity contribution is -0.381. The summed E-state index contributed by atoms with van der Waals surface area (Å²) in [6.45, 7) is 0. The van der Waals surface area contributed by atoms with E-state index in [2.05, 4.69) is 0 Å². The summed E-state index contributed by atoms with van der Waals surface area (Å²) >= 11 is -2.95. The van der Waals surface area contributed by atoms with Crippen LogP contribution < -0.4 is 0 Å². The highest BCUT2D eigenvalue weighted by molar-refractivity contribution is 8.01. The maximum Gasteiger partial charge on any atom is 0.460 e. The van der Waals surface area contributed by atoms with E-state index in [9.17, 15) is 52.7 Å². The fourth-order valence-corrected chi connectivity index (χ4v) is 1.12. The van der Waals surface area contributed by atoms with Gasteiger partial charge in [-0.3, -0.25) is 0 Å². The van der Waals surface area contributed by atoms with Crippen LogP contribution >= 0.6 is 11.8 Å². The molecule has 0 aliphatic rings. The van der Waals surface area contributed by atoms with Gasteiger partial charge in [-0.15, -0.1) is 0 Å². The van der Waals surface area contributed by atoms with Gasteiger partial charge in [-0.25, -0.2) is 0 Å². The predicted octanol–water partition coefficient (Wildman–Crippen LogP) is 4.67. The quantitative estimate of drug-likeness (QED) is 0.681. The second-order valence-electron chi connectivity index (χ2n) is 2.71. The topological polar surface area (TPSA) is 0 Å². The second-order valence-corrected chi connectivity index (χ2v) is 3.89. The van der Waals surface area contributed by atoms with Crippen LogP contribution in [0.25, 0.3) is 0 Å². The number of alkyl halides is 12. The van der Waals surface area contributed by atoms with Gasteiger partial charge in [0.1, 0.15) is 0 Å². The Morgan fingerprint density at radius 2 is 0.833 bits per heavy atom. The first kappa shape index (κ1) is 17.5. The molecule has 0 amide bonds. The summed E-state index contributed by atoms with van der Waals surface area (Å²) in [5.74, 6) is -14.6. The van der Waals surface area contributed by atoms with Crippen molar-refractivity contribution in [2.24, 2.45) is 0 Å². The molecule has 0 bridgehead atoms. The Kier molecular flexibility index (Phi) is 4.15. The van der Waals surface area contributed by atoms with Crippen LogP contribution in [0.15, 0.2) is 0 Å². The van der Waals surface area contributed by atoms with Crippen molar-refractivity contribution in [1.29, 1.82) is 0 Å². The minimum Gasteiger partial charge on any atom is -0.191 e. The molecule has 110 valence electrons. The van der Waals surface area contributed by atoms with Gasteiger partial charge in [0.15, 0.2) is 0 Å². The molecule has 0 saturated heterocycles. The van der Waals surface area contributed by atoms with Crippen LogP contribution in [-0.2, 0) is 0 Å². The molecule has 0 atom stereocenters. The molecule has 18 heavy (non-hydrogen) atoms. The molecule has 0 N–H and O–H groups in total. The van der Waals surface area contributed by atoms with E-state index in [1.807, 2.05) is 0 Å². The van der Waals surface area contributed by atoms with Crippen LogP contribution in [0.1, 0.15) is 0 Å². The van der Waals surface area contributed by atoms with E-state index in [0.717, 1.165) is 0 Å². The van der Waals surface area contributed by atoms with Crippen molar-refractivity contribution in [3.63, 3.8) is 0 Å². The predicted molar refractivity (Wildman–Crippen MR) is 34.5 cm³/mol. The molecule has 0 aromatic rings. The van der Waals surface area contributed by atoms with Crippen molar-refractivity contribution in [2.75, 3.05) is 0 Å². The Bertz CT molecular complexity index is 297. The van der Waals surface area contributed by atoms with Gasteiger partial charge in [0, 0.05) is 11.8 Å². The Labute approximate surface area is 94.3 Å². The number of hydrogen-bond acceptors (Lipinski definition) is 1. The highest BCUT2D eigenvalue weighted by Crippen LogP contribution is 2.59. The van der Waals surface area contributed by atoms with E-state index >= 15 is 0 Å². The van der Waals surface area contributed by atoms with Crippen LogP contribution in [0.2, 0.25) is 0 Å². The van der Waals surface area contributed by atoms with Crippen molar-refractivity contribution in [3.05, 3.63) is 0 Å². The minimum atomic E-state index is -7.32. The third-order valence-corrected chi connectivity index (χ3v) is 2.10. The lowest BCUT2D eigenvalue weighted by Crippen LogP contribution is -2.60. The number of thioether (sulfide) groups is 1. The SMILES string of the molecule is FC(F)(F)SC(F)(F)C(F)(F)C(F)(F)C(F)(F)F. The van der Waals surface area contributed by atoms with Gasteiger partial charge in [-0.05, 0) is 0 Å².